The summed E-state index contributed by atoms with van der Waals surface area (Å²) >= 11 is 1.68. The van der Waals surface area contributed by atoms with Crippen molar-refractivity contribution in [1.29, 1.82) is 0 Å². The fourth-order valence-corrected chi connectivity index (χ4v) is 3.58. The second-order valence-electron chi connectivity index (χ2n) is 5.64. The number of rotatable bonds is 5. The monoisotopic (exact) mass is 349 g/mol. The molecule has 2 heterocycles. The van der Waals surface area contributed by atoms with E-state index in [1.54, 1.807) is 53.8 Å². The number of benzene rings is 2. The van der Waals surface area contributed by atoms with E-state index in [0.717, 1.165) is 6.42 Å². The van der Waals surface area contributed by atoms with Gasteiger partial charge in [-0.25, -0.2) is 4.90 Å². The molecule has 0 unspecified atom stereocenters. The summed E-state index contributed by atoms with van der Waals surface area (Å²) < 4.78 is 5.88. The largest absolute Gasteiger partial charge is 0.491 e. The Bertz CT molecular complexity index is 899. The molecule has 0 N–H and O–H groups in total. The molecule has 3 aromatic rings. The highest BCUT2D eigenvalue weighted by atomic mass is 32.1. The number of para-hydroxylation sites is 2. The molecule has 1 aromatic heterocycles. The highest BCUT2D eigenvalue weighted by molar-refractivity contribution is 7.09. The van der Waals surface area contributed by atoms with Gasteiger partial charge in [-0.05, 0) is 35.7 Å². The highest BCUT2D eigenvalue weighted by Crippen LogP contribution is 2.34. The Kier molecular flexibility index (Phi) is 4.07. The van der Waals surface area contributed by atoms with Crippen molar-refractivity contribution >= 4 is 28.8 Å². The van der Waals surface area contributed by atoms with Gasteiger partial charge >= 0.3 is 0 Å². The van der Waals surface area contributed by atoms with Gasteiger partial charge in [0.15, 0.2) is 0 Å². The molecule has 0 radical (unpaired) electrons. The van der Waals surface area contributed by atoms with Crippen LogP contribution in [0.1, 0.15) is 25.6 Å². The van der Waals surface area contributed by atoms with Crippen LogP contribution < -0.4 is 9.64 Å². The van der Waals surface area contributed by atoms with E-state index in [1.165, 1.54) is 9.78 Å². The van der Waals surface area contributed by atoms with Crippen LogP contribution in [-0.2, 0) is 6.42 Å². The molecule has 0 fully saturated rings. The van der Waals surface area contributed by atoms with Crippen molar-refractivity contribution in [2.45, 2.75) is 6.42 Å². The quantitative estimate of drug-likeness (QED) is 0.650. The summed E-state index contributed by atoms with van der Waals surface area (Å²) in [6.07, 6.45) is 0.786. The average molecular weight is 349 g/mol. The summed E-state index contributed by atoms with van der Waals surface area (Å²) in [5, 5.41) is 2.03. The molecular formula is C20H15NO3S. The molecule has 124 valence electrons. The third-order valence-electron chi connectivity index (χ3n) is 4.09. The number of fused-ring (bicyclic) bond motifs is 1. The standard InChI is InChI=1S/C20H15NO3S/c22-19-15-7-1-2-8-16(15)20(23)21(19)17-9-3-4-10-18(17)24-12-11-14-6-5-13-25-14/h1-10,13H,11-12H2. The Morgan fingerprint density at radius 3 is 2.20 bits per heavy atom. The summed E-state index contributed by atoms with van der Waals surface area (Å²) in [5.41, 5.74) is 1.35. The second-order valence-corrected chi connectivity index (χ2v) is 6.67. The molecule has 25 heavy (non-hydrogen) atoms. The first-order valence-electron chi connectivity index (χ1n) is 7.98. The van der Waals surface area contributed by atoms with Gasteiger partial charge in [-0.2, -0.15) is 0 Å². The number of ether oxygens (including phenoxy) is 1. The second kappa shape index (κ2) is 6.53. The van der Waals surface area contributed by atoms with Crippen molar-refractivity contribution < 1.29 is 14.3 Å². The zero-order valence-electron chi connectivity index (χ0n) is 13.3. The number of carbonyl (C=O) groups excluding carboxylic acids is 2. The van der Waals surface area contributed by atoms with E-state index in [-0.39, 0.29) is 11.8 Å². The highest BCUT2D eigenvalue weighted by Gasteiger charge is 2.37. The van der Waals surface area contributed by atoms with Gasteiger partial charge in [0.1, 0.15) is 5.75 Å². The van der Waals surface area contributed by atoms with Gasteiger partial charge in [0.05, 0.1) is 23.4 Å². The maximum atomic E-state index is 12.7. The van der Waals surface area contributed by atoms with Gasteiger partial charge in [-0.1, -0.05) is 30.3 Å². The van der Waals surface area contributed by atoms with E-state index in [2.05, 4.69) is 6.07 Å². The molecule has 0 bridgehead atoms. The van der Waals surface area contributed by atoms with Crippen LogP contribution >= 0.6 is 11.3 Å². The third kappa shape index (κ3) is 2.83. The summed E-state index contributed by atoms with van der Waals surface area (Å²) in [6, 6.07) is 18.1. The van der Waals surface area contributed by atoms with Crippen LogP contribution in [0.3, 0.4) is 0 Å². The number of anilines is 1. The van der Waals surface area contributed by atoms with E-state index in [9.17, 15) is 9.59 Å². The topological polar surface area (TPSA) is 46.6 Å². The molecule has 0 saturated heterocycles. The smallest absolute Gasteiger partial charge is 0.266 e. The normalized spacial score (nSPS) is 13.2. The lowest BCUT2D eigenvalue weighted by Crippen LogP contribution is -2.29. The Morgan fingerprint density at radius 1 is 0.840 bits per heavy atom. The third-order valence-corrected chi connectivity index (χ3v) is 5.02. The fraction of sp³-hybridized carbons (Fsp3) is 0.100. The van der Waals surface area contributed by atoms with Crippen molar-refractivity contribution in [3.63, 3.8) is 0 Å². The minimum Gasteiger partial charge on any atom is -0.491 e. The molecule has 0 spiro atoms. The molecule has 0 aliphatic carbocycles. The van der Waals surface area contributed by atoms with Crippen LogP contribution in [0.2, 0.25) is 0 Å². The van der Waals surface area contributed by atoms with Crippen molar-refractivity contribution in [1.82, 2.24) is 0 Å². The van der Waals surface area contributed by atoms with Gasteiger partial charge in [-0.3, -0.25) is 9.59 Å². The van der Waals surface area contributed by atoms with Crippen LogP contribution in [0.15, 0.2) is 66.0 Å². The number of hydrogen-bond acceptors (Lipinski definition) is 4. The molecule has 5 heteroatoms. The first-order chi connectivity index (χ1) is 12.3. The van der Waals surface area contributed by atoms with Gasteiger partial charge in [0.2, 0.25) is 0 Å². The SMILES string of the molecule is O=C1c2ccccc2C(=O)N1c1ccccc1OCCc1cccs1. The molecule has 1 aliphatic rings. The lowest BCUT2D eigenvalue weighted by atomic mass is 10.1. The van der Waals surface area contributed by atoms with Gasteiger partial charge in [0, 0.05) is 11.3 Å². The van der Waals surface area contributed by atoms with E-state index in [1.807, 2.05) is 17.5 Å². The van der Waals surface area contributed by atoms with Gasteiger partial charge in [0.25, 0.3) is 11.8 Å². The van der Waals surface area contributed by atoms with E-state index in [0.29, 0.717) is 29.2 Å². The number of imide groups is 1. The Morgan fingerprint density at radius 2 is 1.52 bits per heavy atom. The van der Waals surface area contributed by atoms with Crippen LogP contribution in [0.4, 0.5) is 5.69 Å². The molecule has 2 amide bonds. The van der Waals surface area contributed by atoms with Crippen LogP contribution in [0.5, 0.6) is 5.75 Å². The molecular weight excluding hydrogens is 334 g/mol. The predicted molar refractivity (Wildman–Crippen MR) is 97.5 cm³/mol. The van der Waals surface area contributed by atoms with Crippen LogP contribution in [0.25, 0.3) is 0 Å². The first-order valence-corrected chi connectivity index (χ1v) is 8.85. The number of amides is 2. The molecule has 4 rings (SSSR count). The number of thiophene rings is 1. The fourth-order valence-electron chi connectivity index (χ4n) is 2.89. The maximum absolute atomic E-state index is 12.7. The molecule has 4 nitrogen and oxygen atoms in total. The van der Waals surface area contributed by atoms with Crippen molar-refractivity contribution in [3.8, 4) is 5.75 Å². The Labute approximate surface area is 149 Å². The molecule has 1 aliphatic heterocycles. The van der Waals surface area contributed by atoms with Crippen molar-refractivity contribution in [3.05, 3.63) is 82.0 Å². The zero-order valence-corrected chi connectivity index (χ0v) is 14.2. The molecule has 2 aromatic carbocycles. The average Bonchev–Trinajstić information content (AvgIpc) is 3.24. The summed E-state index contributed by atoms with van der Waals surface area (Å²) in [4.78, 5) is 27.8. The van der Waals surface area contributed by atoms with E-state index >= 15 is 0 Å². The molecule has 0 atom stereocenters. The van der Waals surface area contributed by atoms with E-state index in [4.69, 9.17) is 4.74 Å². The first kappa shape index (κ1) is 15.6. The van der Waals surface area contributed by atoms with Crippen molar-refractivity contribution in [2.75, 3.05) is 11.5 Å². The summed E-state index contributed by atoms with van der Waals surface area (Å²) in [5.74, 6) is -0.0848. The van der Waals surface area contributed by atoms with Crippen LogP contribution in [-0.4, -0.2) is 18.4 Å². The maximum Gasteiger partial charge on any atom is 0.266 e. The number of carbonyl (C=O) groups is 2. The minimum atomic E-state index is -0.310. The predicted octanol–water partition coefficient (Wildman–Crippen LogP) is 4.17. The molecule has 0 saturated carbocycles. The zero-order chi connectivity index (χ0) is 17.2. The summed E-state index contributed by atoms with van der Waals surface area (Å²) in [7, 11) is 0. The number of nitrogens with zero attached hydrogens (tertiary/aromatic N) is 1. The lowest BCUT2D eigenvalue weighted by Gasteiger charge is -2.18. The lowest BCUT2D eigenvalue weighted by molar-refractivity contribution is 0.0925. The Hall–Kier alpha value is -2.92. The Balaban J connectivity index is 1.59. The van der Waals surface area contributed by atoms with E-state index < -0.39 is 0 Å². The van der Waals surface area contributed by atoms with Gasteiger partial charge in [-0.15, -0.1) is 11.3 Å². The van der Waals surface area contributed by atoms with Crippen molar-refractivity contribution in [2.24, 2.45) is 0 Å². The minimum absolute atomic E-state index is 0.310. The van der Waals surface area contributed by atoms with Gasteiger partial charge < -0.3 is 4.74 Å². The summed E-state index contributed by atoms with van der Waals surface area (Å²) in [6.45, 7) is 0.487. The number of hydrogen-bond donors (Lipinski definition) is 0. The van der Waals surface area contributed by atoms with Crippen LogP contribution in [0, 0.1) is 0 Å².